The normalized spacial score (nSPS) is 12.2. The maximum Gasteiger partial charge on any atom is 0.251 e. The largest absolute Gasteiger partial charge is 0.366 e. The standard InChI is InChI=1S/C17H20FN3O2S/c1-3-21(11(2)12-4-6-13(18)7-5-12)10-15(22)20-17-14(16(19)23)8-9-24-17/h4-9,11H,3,10H2,1-2H3,(H2,19,23)(H,20,22)/t11-/m0/s1. The number of amides is 2. The first kappa shape index (κ1) is 18.1. The molecule has 1 heterocycles. The first-order chi connectivity index (χ1) is 11.4. The summed E-state index contributed by atoms with van der Waals surface area (Å²) in [6, 6.07) is 7.78. The fourth-order valence-corrected chi connectivity index (χ4v) is 3.23. The number of carbonyl (C=O) groups excluding carboxylic acids is 2. The van der Waals surface area contributed by atoms with E-state index in [-0.39, 0.29) is 24.3 Å². The van der Waals surface area contributed by atoms with E-state index in [1.807, 2.05) is 18.7 Å². The number of nitrogens with zero attached hydrogens (tertiary/aromatic N) is 1. The zero-order chi connectivity index (χ0) is 17.7. The molecule has 1 atom stereocenters. The molecule has 2 aromatic rings. The Morgan fingerprint density at radius 2 is 1.96 bits per heavy atom. The Morgan fingerprint density at radius 1 is 1.29 bits per heavy atom. The number of anilines is 1. The molecule has 0 bridgehead atoms. The van der Waals surface area contributed by atoms with Gasteiger partial charge in [-0.2, -0.15) is 0 Å². The van der Waals surface area contributed by atoms with Gasteiger partial charge in [0.1, 0.15) is 10.8 Å². The van der Waals surface area contributed by atoms with Crippen molar-refractivity contribution in [3.05, 3.63) is 52.7 Å². The zero-order valence-corrected chi connectivity index (χ0v) is 14.4. The van der Waals surface area contributed by atoms with Gasteiger partial charge in [0.05, 0.1) is 12.1 Å². The van der Waals surface area contributed by atoms with E-state index in [9.17, 15) is 14.0 Å². The highest BCUT2D eigenvalue weighted by Gasteiger charge is 2.19. The topological polar surface area (TPSA) is 75.4 Å². The third kappa shape index (κ3) is 4.39. The molecular weight excluding hydrogens is 329 g/mol. The van der Waals surface area contributed by atoms with Crippen molar-refractivity contribution >= 4 is 28.2 Å². The number of primary amides is 1. The third-order valence-electron chi connectivity index (χ3n) is 3.84. The van der Waals surface area contributed by atoms with Crippen molar-refractivity contribution in [2.24, 2.45) is 5.73 Å². The van der Waals surface area contributed by atoms with E-state index in [0.29, 0.717) is 17.1 Å². The van der Waals surface area contributed by atoms with Gasteiger partial charge in [-0.25, -0.2) is 4.39 Å². The minimum atomic E-state index is -0.571. The molecule has 128 valence electrons. The highest BCUT2D eigenvalue weighted by atomic mass is 32.1. The number of thiophene rings is 1. The van der Waals surface area contributed by atoms with Gasteiger partial charge >= 0.3 is 0 Å². The van der Waals surface area contributed by atoms with E-state index in [4.69, 9.17) is 5.73 Å². The van der Waals surface area contributed by atoms with E-state index in [1.54, 1.807) is 23.6 Å². The lowest BCUT2D eigenvalue weighted by atomic mass is 10.1. The lowest BCUT2D eigenvalue weighted by Crippen LogP contribution is -2.35. The van der Waals surface area contributed by atoms with Gasteiger partial charge in [0.15, 0.2) is 0 Å². The molecular formula is C17H20FN3O2S. The van der Waals surface area contributed by atoms with Gasteiger partial charge in [0, 0.05) is 6.04 Å². The van der Waals surface area contributed by atoms with Crippen LogP contribution in [-0.4, -0.2) is 29.8 Å². The Morgan fingerprint density at radius 3 is 2.54 bits per heavy atom. The summed E-state index contributed by atoms with van der Waals surface area (Å²) < 4.78 is 13.0. The summed E-state index contributed by atoms with van der Waals surface area (Å²) in [5, 5.41) is 4.89. The fourth-order valence-electron chi connectivity index (χ4n) is 2.43. The van der Waals surface area contributed by atoms with Crippen LogP contribution in [0.5, 0.6) is 0 Å². The van der Waals surface area contributed by atoms with Crippen molar-refractivity contribution in [2.75, 3.05) is 18.4 Å². The number of carbonyl (C=O) groups is 2. The average molecular weight is 349 g/mol. The molecule has 2 amide bonds. The van der Waals surface area contributed by atoms with E-state index in [0.717, 1.165) is 5.56 Å². The molecule has 3 N–H and O–H groups in total. The number of nitrogens with one attached hydrogen (secondary N) is 1. The zero-order valence-electron chi connectivity index (χ0n) is 13.6. The second-order valence-corrected chi connectivity index (χ2v) is 6.28. The van der Waals surface area contributed by atoms with Crippen LogP contribution in [0.2, 0.25) is 0 Å². The summed E-state index contributed by atoms with van der Waals surface area (Å²) in [6.45, 7) is 4.72. The van der Waals surface area contributed by atoms with E-state index in [2.05, 4.69) is 5.32 Å². The number of hydrogen-bond acceptors (Lipinski definition) is 4. The number of likely N-dealkylation sites (N-methyl/N-ethyl adjacent to an activating group) is 1. The van der Waals surface area contributed by atoms with Crippen LogP contribution in [0.1, 0.15) is 35.8 Å². The first-order valence-electron chi connectivity index (χ1n) is 7.59. The Hall–Kier alpha value is -2.25. The summed E-state index contributed by atoms with van der Waals surface area (Å²) in [5.41, 5.74) is 6.51. The smallest absolute Gasteiger partial charge is 0.251 e. The highest BCUT2D eigenvalue weighted by Crippen LogP contribution is 2.24. The fraction of sp³-hybridized carbons (Fsp3) is 0.294. The van der Waals surface area contributed by atoms with E-state index >= 15 is 0 Å². The van der Waals surface area contributed by atoms with Gasteiger partial charge in [-0.1, -0.05) is 19.1 Å². The Balaban J connectivity index is 2.03. The van der Waals surface area contributed by atoms with E-state index in [1.165, 1.54) is 23.5 Å². The van der Waals surface area contributed by atoms with E-state index < -0.39 is 5.91 Å². The molecule has 0 saturated heterocycles. The Bertz CT molecular complexity index is 715. The second kappa shape index (κ2) is 8.03. The molecule has 1 aromatic heterocycles. The SMILES string of the molecule is CCN(CC(=O)Nc1sccc1C(N)=O)[C@@H](C)c1ccc(F)cc1. The lowest BCUT2D eigenvalue weighted by Gasteiger charge is -2.27. The summed E-state index contributed by atoms with van der Waals surface area (Å²) in [6.07, 6.45) is 0. The van der Waals surface area contributed by atoms with Crippen LogP contribution in [0.25, 0.3) is 0 Å². The minimum Gasteiger partial charge on any atom is -0.366 e. The second-order valence-electron chi connectivity index (χ2n) is 5.37. The monoisotopic (exact) mass is 349 g/mol. The molecule has 0 saturated carbocycles. The lowest BCUT2D eigenvalue weighted by molar-refractivity contribution is -0.117. The number of benzene rings is 1. The van der Waals surface area contributed by atoms with Crippen LogP contribution in [-0.2, 0) is 4.79 Å². The van der Waals surface area contributed by atoms with Crippen molar-refractivity contribution in [3.63, 3.8) is 0 Å². The number of nitrogens with two attached hydrogens (primary N) is 1. The predicted octanol–water partition coefficient (Wildman–Crippen LogP) is 3.01. The molecule has 0 spiro atoms. The van der Waals surface area contributed by atoms with Gasteiger partial charge in [-0.15, -0.1) is 11.3 Å². The molecule has 24 heavy (non-hydrogen) atoms. The molecule has 0 fully saturated rings. The van der Waals surface area contributed by atoms with Crippen molar-refractivity contribution in [2.45, 2.75) is 19.9 Å². The average Bonchev–Trinajstić information content (AvgIpc) is 3.01. The summed E-state index contributed by atoms with van der Waals surface area (Å²) in [5.74, 6) is -1.09. The molecule has 5 nitrogen and oxygen atoms in total. The molecule has 0 radical (unpaired) electrons. The third-order valence-corrected chi connectivity index (χ3v) is 4.67. The number of rotatable bonds is 7. The Labute approximate surface area is 144 Å². The molecule has 0 unspecified atom stereocenters. The summed E-state index contributed by atoms with van der Waals surface area (Å²) in [4.78, 5) is 25.5. The number of halogens is 1. The molecule has 1 aromatic carbocycles. The summed E-state index contributed by atoms with van der Waals surface area (Å²) in [7, 11) is 0. The first-order valence-corrected chi connectivity index (χ1v) is 8.47. The molecule has 0 aliphatic heterocycles. The minimum absolute atomic E-state index is 0.0414. The van der Waals surface area contributed by atoms with Crippen molar-refractivity contribution in [1.29, 1.82) is 0 Å². The van der Waals surface area contributed by atoms with Gasteiger partial charge in [-0.05, 0) is 42.6 Å². The van der Waals surface area contributed by atoms with Crippen molar-refractivity contribution in [3.8, 4) is 0 Å². The molecule has 2 rings (SSSR count). The maximum atomic E-state index is 13.0. The van der Waals surface area contributed by atoms with Crippen LogP contribution in [0, 0.1) is 5.82 Å². The van der Waals surface area contributed by atoms with Gasteiger partial charge < -0.3 is 11.1 Å². The summed E-state index contributed by atoms with van der Waals surface area (Å²) >= 11 is 1.25. The Kier molecular flexibility index (Phi) is 6.05. The van der Waals surface area contributed by atoms with Gasteiger partial charge in [-0.3, -0.25) is 14.5 Å². The van der Waals surface area contributed by atoms with Gasteiger partial charge in [0.2, 0.25) is 5.91 Å². The van der Waals surface area contributed by atoms with Crippen LogP contribution in [0.4, 0.5) is 9.39 Å². The highest BCUT2D eigenvalue weighted by molar-refractivity contribution is 7.14. The predicted molar refractivity (Wildman–Crippen MR) is 93.5 cm³/mol. The van der Waals surface area contributed by atoms with Crippen LogP contribution in [0.15, 0.2) is 35.7 Å². The van der Waals surface area contributed by atoms with Crippen LogP contribution < -0.4 is 11.1 Å². The maximum absolute atomic E-state index is 13.0. The van der Waals surface area contributed by atoms with Crippen LogP contribution in [0.3, 0.4) is 0 Å². The van der Waals surface area contributed by atoms with Crippen molar-refractivity contribution < 1.29 is 14.0 Å². The molecule has 7 heteroatoms. The quantitative estimate of drug-likeness (QED) is 0.807. The van der Waals surface area contributed by atoms with Crippen molar-refractivity contribution in [1.82, 2.24) is 4.90 Å². The number of hydrogen-bond donors (Lipinski definition) is 2. The molecule has 0 aliphatic rings. The van der Waals surface area contributed by atoms with Crippen LogP contribution >= 0.6 is 11.3 Å². The molecule has 0 aliphatic carbocycles. The van der Waals surface area contributed by atoms with Gasteiger partial charge in [0.25, 0.3) is 5.91 Å².